The standard InChI is InChI=1S/C30H35FN4O5/c1-3-39-27(37)19-21-11-15-34(16-12-21)29(38)35-14-6-13-30(35,31)26(36)18-22-9-10-24-25(17-22)40-28(33-24)32-23-8-5-4-7-20(23)2/h4-5,7-10,17,21H,3,6,11-16,18-19H2,1-2H3,(H,32,33). The Kier molecular flexibility index (Phi) is 8.04. The number of aryl methyl sites for hydroxylation is 1. The lowest BCUT2D eigenvalue weighted by Gasteiger charge is -2.38. The van der Waals surface area contributed by atoms with E-state index in [1.54, 1.807) is 30.0 Å². The van der Waals surface area contributed by atoms with E-state index in [1.807, 2.05) is 31.2 Å². The summed E-state index contributed by atoms with van der Waals surface area (Å²) >= 11 is 0. The van der Waals surface area contributed by atoms with E-state index < -0.39 is 17.6 Å². The van der Waals surface area contributed by atoms with Gasteiger partial charge in [0.05, 0.1) is 6.61 Å². The molecule has 2 saturated heterocycles. The van der Waals surface area contributed by atoms with Crippen molar-refractivity contribution in [3.63, 3.8) is 0 Å². The maximum atomic E-state index is 16.2. The number of oxazole rings is 1. The first-order valence-corrected chi connectivity index (χ1v) is 13.9. The van der Waals surface area contributed by atoms with Gasteiger partial charge in [-0.25, -0.2) is 9.18 Å². The van der Waals surface area contributed by atoms with Crippen LogP contribution < -0.4 is 5.32 Å². The van der Waals surface area contributed by atoms with Crippen LogP contribution in [0.1, 0.15) is 50.2 Å². The molecule has 1 aromatic heterocycles. The number of aromatic nitrogens is 1. The summed E-state index contributed by atoms with van der Waals surface area (Å²) in [7, 11) is 0. The van der Waals surface area contributed by atoms with Gasteiger partial charge in [0.25, 0.3) is 6.01 Å². The van der Waals surface area contributed by atoms with Gasteiger partial charge in [0.1, 0.15) is 5.52 Å². The van der Waals surface area contributed by atoms with Gasteiger partial charge in [-0.05, 0) is 68.4 Å². The summed E-state index contributed by atoms with van der Waals surface area (Å²) in [6.07, 6.45) is 1.84. The predicted molar refractivity (Wildman–Crippen MR) is 148 cm³/mol. The topological polar surface area (TPSA) is 105 Å². The van der Waals surface area contributed by atoms with Gasteiger partial charge in [0.2, 0.25) is 5.79 Å². The summed E-state index contributed by atoms with van der Waals surface area (Å²) in [5, 5.41) is 3.16. The molecule has 0 bridgehead atoms. The molecule has 2 aliphatic heterocycles. The lowest BCUT2D eigenvalue weighted by molar-refractivity contribution is -0.144. The summed E-state index contributed by atoms with van der Waals surface area (Å²) in [5.74, 6) is -3.10. The number of ether oxygens (including phenoxy) is 1. The van der Waals surface area contributed by atoms with Crippen molar-refractivity contribution in [2.45, 2.75) is 58.2 Å². The smallest absolute Gasteiger partial charge is 0.322 e. The fourth-order valence-electron chi connectivity index (χ4n) is 5.56. The van der Waals surface area contributed by atoms with E-state index in [2.05, 4.69) is 10.3 Å². The number of hydrogen-bond acceptors (Lipinski definition) is 7. The number of para-hydroxylation sites is 1. The molecule has 5 rings (SSSR count). The molecule has 0 aliphatic carbocycles. The van der Waals surface area contributed by atoms with Crippen molar-refractivity contribution in [2.24, 2.45) is 5.92 Å². The highest BCUT2D eigenvalue weighted by Crippen LogP contribution is 2.35. The largest absolute Gasteiger partial charge is 0.466 e. The normalized spacial score (nSPS) is 19.7. The Hall–Kier alpha value is -3.95. The number of carbonyl (C=O) groups excluding carboxylic acids is 3. The number of piperidine rings is 1. The number of nitrogens with one attached hydrogen (secondary N) is 1. The summed E-state index contributed by atoms with van der Waals surface area (Å²) in [6.45, 7) is 5.13. The number of hydrogen-bond donors (Lipinski definition) is 1. The molecule has 1 N–H and O–H groups in total. The number of urea groups is 1. The van der Waals surface area contributed by atoms with Crippen LogP contribution in [-0.2, 0) is 20.7 Å². The van der Waals surface area contributed by atoms with Gasteiger partial charge in [0, 0.05) is 44.6 Å². The van der Waals surface area contributed by atoms with Gasteiger partial charge >= 0.3 is 12.0 Å². The average molecular weight is 551 g/mol. The fraction of sp³-hybridized carbons (Fsp3) is 0.467. The molecule has 1 unspecified atom stereocenters. The molecule has 2 fully saturated rings. The minimum absolute atomic E-state index is 0.0219. The van der Waals surface area contributed by atoms with Crippen LogP contribution in [0.25, 0.3) is 11.1 Å². The zero-order valence-corrected chi connectivity index (χ0v) is 23.0. The van der Waals surface area contributed by atoms with Crippen LogP contribution in [0.5, 0.6) is 0 Å². The minimum atomic E-state index is -2.35. The van der Waals surface area contributed by atoms with Crippen molar-refractivity contribution >= 4 is 40.6 Å². The first-order chi connectivity index (χ1) is 19.3. The van der Waals surface area contributed by atoms with Gasteiger partial charge in [-0.15, -0.1) is 0 Å². The van der Waals surface area contributed by atoms with Crippen LogP contribution in [0.15, 0.2) is 46.9 Å². The zero-order chi connectivity index (χ0) is 28.3. The molecular formula is C30H35FN4O5. The van der Waals surface area contributed by atoms with Crippen molar-refractivity contribution in [3.8, 4) is 0 Å². The van der Waals surface area contributed by atoms with Crippen LogP contribution in [0.4, 0.5) is 20.9 Å². The maximum absolute atomic E-state index is 16.2. The first-order valence-electron chi connectivity index (χ1n) is 13.9. The molecule has 3 aromatic rings. The fourth-order valence-corrected chi connectivity index (χ4v) is 5.56. The Morgan fingerprint density at radius 2 is 1.93 bits per heavy atom. The summed E-state index contributed by atoms with van der Waals surface area (Å²) in [4.78, 5) is 45.5. The highest BCUT2D eigenvalue weighted by Gasteiger charge is 2.51. The van der Waals surface area contributed by atoms with E-state index in [4.69, 9.17) is 9.15 Å². The van der Waals surface area contributed by atoms with Gasteiger partial charge < -0.3 is 19.4 Å². The quantitative estimate of drug-likeness (QED) is 0.290. The summed E-state index contributed by atoms with van der Waals surface area (Å²) in [6, 6.07) is 12.8. The molecule has 10 heteroatoms. The van der Waals surface area contributed by atoms with Crippen molar-refractivity contribution in [3.05, 3.63) is 53.6 Å². The Morgan fingerprint density at radius 3 is 2.67 bits per heavy atom. The Labute approximate surface area is 232 Å². The van der Waals surface area contributed by atoms with Crippen LogP contribution in [0, 0.1) is 12.8 Å². The van der Waals surface area contributed by atoms with Crippen LogP contribution in [-0.4, -0.2) is 64.6 Å². The number of esters is 1. The predicted octanol–water partition coefficient (Wildman–Crippen LogP) is 5.54. The van der Waals surface area contributed by atoms with E-state index in [0.29, 0.717) is 68.1 Å². The molecule has 0 saturated carbocycles. The molecular weight excluding hydrogens is 515 g/mol. The molecule has 0 radical (unpaired) electrons. The number of benzene rings is 2. The van der Waals surface area contributed by atoms with E-state index in [1.165, 1.54) is 0 Å². The van der Waals surface area contributed by atoms with Crippen molar-refractivity contribution in [1.29, 1.82) is 0 Å². The Morgan fingerprint density at radius 1 is 1.15 bits per heavy atom. The molecule has 212 valence electrons. The van der Waals surface area contributed by atoms with Gasteiger partial charge in [-0.3, -0.25) is 14.5 Å². The van der Waals surface area contributed by atoms with Gasteiger partial charge in [-0.2, -0.15) is 4.98 Å². The minimum Gasteiger partial charge on any atom is -0.466 e. The van der Waals surface area contributed by atoms with Crippen molar-refractivity contribution < 1.29 is 27.9 Å². The van der Waals surface area contributed by atoms with E-state index >= 15 is 4.39 Å². The first kappa shape index (κ1) is 27.6. The molecule has 2 aromatic carbocycles. The number of alkyl halides is 1. The number of rotatable bonds is 8. The summed E-state index contributed by atoms with van der Waals surface area (Å²) in [5.41, 5.74) is 3.61. The SMILES string of the molecule is CCOC(=O)CC1CCN(C(=O)N2CCCC2(F)C(=O)Cc2ccc3nc(Nc4ccccc4C)oc3c2)CC1. The molecule has 3 heterocycles. The third-order valence-corrected chi connectivity index (χ3v) is 7.83. The lowest BCUT2D eigenvalue weighted by Crippen LogP contribution is -2.56. The van der Waals surface area contributed by atoms with Gasteiger partial charge in [-0.1, -0.05) is 24.3 Å². The van der Waals surface area contributed by atoms with Crippen molar-refractivity contribution in [2.75, 3.05) is 31.6 Å². The number of halogens is 1. The maximum Gasteiger partial charge on any atom is 0.322 e. The second kappa shape index (κ2) is 11.7. The molecule has 2 aliphatic rings. The Balaban J connectivity index is 1.22. The number of anilines is 2. The second-order valence-electron chi connectivity index (χ2n) is 10.6. The van der Waals surface area contributed by atoms with E-state index in [-0.39, 0.29) is 31.3 Å². The van der Waals surface area contributed by atoms with Crippen LogP contribution in [0.3, 0.4) is 0 Å². The third kappa shape index (κ3) is 5.80. The van der Waals surface area contributed by atoms with Gasteiger partial charge in [0.15, 0.2) is 11.4 Å². The summed E-state index contributed by atoms with van der Waals surface area (Å²) < 4.78 is 27.1. The number of fused-ring (bicyclic) bond motifs is 1. The molecule has 40 heavy (non-hydrogen) atoms. The molecule has 0 spiro atoms. The number of likely N-dealkylation sites (tertiary alicyclic amines) is 2. The van der Waals surface area contributed by atoms with Crippen LogP contribution >= 0.6 is 0 Å². The highest BCUT2D eigenvalue weighted by atomic mass is 19.1. The Bertz CT molecular complexity index is 1400. The molecule has 2 amide bonds. The number of amides is 2. The zero-order valence-electron chi connectivity index (χ0n) is 23.0. The van der Waals surface area contributed by atoms with Crippen LogP contribution in [0.2, 0.25) is 0 Å². The molecule has 1 atom stereocenters. The number of ketones is 1. The lowest BCUT2D eigenvalue weighted by atomic mass is 9.93. The monoisotopic (exact) mass is 550 g/mol. The average Bonchev–Trinajstić information content (AvgIpc) is 3.53. The molecule has 9 nitrogen and oxygen atoms in total. The highest BCUT2D eigenvalue weighted by molar-refractivity contribution is 5.93. The van der Waals surface area contributed by atoms with E-state index in [0.717, 1.165) is 16.2 Å². The number of nitrogens with zero attached hydrogens (tertiary/aromatic N) is 3. The van der Waals surface area contributed by atoms with E-state index in [9.17, 15) is 14.4 Å². The number of Topliss-reactive ketones (excluding diaryl/α,β-unsaturated/α-hetero) is 1. The second-order valence-corrected chi connectivity index (χ2v) is 10.6. The van der Waals surface area contributed by atoms with Crippen molar-refractivity contribution in [1.82, 2.24) is 14.8 Å². The third-order valence-electron chi connectivity index (χ3n) is 7.83. The number of carbonyl (C=O) groups is 3.